The zero-order valence-electron chi connectivity index (χ0n) is 17.9. The Morgan fingerprint density at radius 3 is 2.31 bits per heavy atom. The number of azo groups is 1. The van der Waals surface area contributed by atoms with E-state index in [2.05, 4.69) is 25.5 Å². The van der Waals surface area contributed by atoms with E-state index in [1.807, 2.05) is 0 Å². The summed E-state index contributed by atoms with van der Waals surface area (Å²) in [4.78, 5) is 19.8. The van der Waals surface area contributed by atoms with Gasteiger partial charge in [0.05, 0.1) is 28.2 Å². The summed E-state index contributed by atoms with van der Waals surface area (Å²) in [5, 5.41) is 20.4. The van der Waals surface area contributed by atoms with Gasteiger partial charge in [0.15, 0.2) is 0 Å². The summed E-state index contributed by atoms with van der Waals surface area (Å²) in [5.74, 6) is -0.999. The SMILES string of the molecule is Nc1c(N=Nc2ccccc2-c2ccnc(Nc3ccc(C(F)(F)F)cc3)n2)cccc1C(=O)O. The van der Waals surface area contributed by atoms with Crippen molar-refractivity contribution in [2.45, 2.75) is 6.18 Å². The van der Waals surface area contributed by atoms with Crippen LogP contribution in [-0.2, 0) is 6.18 Å². The number of nitrogen functional groups attached to an aromatic ring is 1. The van der Waals surface area contributed by atoms with E-state index in [1.54, 1.807) is 36.4 Å². The number of nitrogens with zero attached hydrogens (tertiary/aromatic N) is 4. The lowest BCUT2D eigenvalue weighted by atomic mass is 10.1. The number of para-hydroxylation sites is 1. The van der Waals surface area contributed by atoms with Crippen molar-refractivity contribution in [1.82, 2.24) is 9.97 Å². The largest absolute Gasteiger partial charge is 0.478 e. The molecule has 35 heavy (non-hydrogen) atoms. The molecular formula is C24H17F3N6O2. The maximum Gasteiger partial charge on any atom is 0.416 e. The molecule has 1 aromatic heterocycles. The second kappa shape index (κ2) is 9.59. The number of nitrogens with one attached hydrogen (secondary N) is 1. The van der Waals surface area contributed by atoms with E-state index in [-0.39, 0.29) is 22.9 Å². The molecule has 0 spiro atoms. The van der Waals surface area contributed by atoms with E-state index in [0.29, 0.717) is 22.6 Å². The monoisotopic (exact) mass is 478 g/mol. The third kappa shape index (κ3) is 5.41. The first-order valence-electron chi connectivity index (χ1n) is 10.1. The van der Waals surface area contributed by atoms with Gasteiger partial charge >= 0.3 is 12.1 Å². The molecule has 0 saturated heterocycles. The van der Waals surface area contributed by atoms with Crippen LogP contribution in [-0.4, -0.2) is 21.0 Å². The Bertz CT molecular complexity index is 1410. The Labute approximate surface area is 197 Å². The highest BCUT2D eigenvalue weighted by Crippen LogP contribution is 2.33. The molecule has 3 aromatic carbocycles. The van der Waals surface area contributed by atoms with Gasteiger partial charge in [0, 0.05) is 17.4 Å². The second-order valence-corrected chi connectivity index (χ2v) is 7.23. The molecule has 0 fully saturated rings. The lowest BCUT2D eigenvalue weighted by Crippen LogP contribution is -2.04. The molecule has 0 aliphatic heterocycles. The van der Waals surface area contributed by atoms with Gasteiger partial charge in [-0.2, -0.15) is 13.2 Å². The van der Waals surface area contributed by atoms with Crippen molar-refractivity contribution in [3.63, 3.8) is 0 Å². The number of aromatic nitrogens is 2. The van der Waals surface area contributed by atoms with E-state index >= 15 is 0 Å². The topological polar surface area (TPSA) is 126 Å². The summed E-state index contributed by atoms with van der Waals surface area (Å²) in [6.45, 7) is 0. The van der Waals surface area contributed by atoms with Crippen molar-refractivity contribution >= 4 is 34.7 Å². The molecule has 11 heteroatoms. The molecule has 0 aliphatic rings. The Morgan fingerprint density at radius 2 is 1.60 bits per heavy atom. The number of nitrogens with two attached hydrogens (primary N) is 1. The summed E-state index contributed by atoms with van der Waals surface area (Å²) < 4.78 is 38.3. The highest BCUT2D eigenvalue weighted by Gasteiger charge is 2.29. The summed E-state index contributed by atoms with van der Waals surface area (Å²) in [7, 11) is 0. The summed E-state index contributed by atoms with van der Waals surface area (Å²) in [6.07, 6.45) is -2.93. The molecule has 0 unspecified atom stereocenters. The van der Waals surface area contributed by atoms with Crippen LogP contribution in [0, 0.1) is 0 Å². The predicted octanol–water partition coefficient (Wildman–Crippen LogP) is 6.60. The molecule has 0 atom stereocenters. The van der Waals surface area contributed by atoms with Crippen LogP contribution in [0.4, 0.5) is 41.9 Å². The van der Waals surface area contributed by atoms with Gasteiger partial charge in [-0.1, -0.05) is 24.3 Å². The zero-order chi connectivity index (χ0) is 25.0. The van der Waals surface area contributed by atoms with Crippen LogP contribution in [0.15, 0.2) is 89.2 Å². The Kier molecular flexibility index (Phi) is 6.40. The van der Waals surface area contributed by atoms with Crippen molar-refractivity contribution in [3.8, 4) is 11.3 Å². The van der Waals surface area contributed by atoms with Gasteiger partial charge in [-0.25, -0.2) is 14.8 Å². The van der Waals surface area contributed by atoms with Gasteiger partial charge in [-0.3, -0.25) is 0 Å². The third-order valence-electron chi connectivity index (χ3n) is 4.88. The molecule has 4 rings (SSSR count). The summed E-state index contributed by atoms with van der Waals surface area (Å²) in [6, 6.07) is 17.6. The van der Waals surface area contributed by atoms with Gasteiger partial charge in [0.1, 0.15) is 5.69 Å². The minimum absolute atomic E-state index is 0.00806. The van der Waals surface area contributed by atoms with Crippen LogP contribution in [0.3, 0.4) is 0 Å². The van der Waals surface area contributed by atoms with Crippen molar-refractivity contribution in [2.24, 2.45) is 10.2 Å². The smallest absolute Gasteiger partial charge is 0.416 e. The molecule has 4 aromatic rings. The van der Waals surface area contributed by atoms with Crippen molar-refractivity contribution < 1.29 is 23.1 Å². The van der Waals surface area contributed by atoms with E-state index in [1.165, 1.54) is 30.5 Å². The van der Waals surface area contributed by atoms with E-state index in [4.69, 9.17) is 5.73 Å². The van der Waals surface area contributed by atoms with E-state index in [9.17, 15) is 23.1 Å². The fourth-order valence-corrected chi connectivity index (χ4v) is 3.15. The number of hydrogen-bond donors (Lipinski definition) is 3. The summed E-state index contributed by atoms with van der Waals surface area (Å²) >= 11 is 0. The zero-order valence-corrected chi connectivity index (χ0v) is 17.9. The quantitative estimate of drug-likeness (QED) is 0.212. The molecule has 0 saturated carbocycles. The maximum atomic E-state index is 12.8. The van der Waals surface area contributed by atoms with Crippen LogP contribution < -0.4 is 11.1 Å². The average molecular weight is 478 g/mol. The number of carboxylic acid groups (broad SMARTS) is 1. The fraction of sp³-hybridized carbons (Fsp3) is 0.0417. The number of hydrogen-bond acceptors (Lipinski definition) is 7. The molecule has 0 amide bonds. The number of halogens is 3. The molecule has 8 nitrogen and oxygen atoms in total. The molecule has 0 bridgehead atoms. The number of carbonyl (C=O) groups is 1. The lowest BCUT2D eigenvalue weighted by Gasteiger charge is -2.10. The van der Waals surface area contributed by atoms with Crippen molar-refractivity contribution in [2.75, 3.05) is 11.1 Å². The van der Waals surface area contributed by atoms with Crippen LogP contribution in [0.25, 0.3) is 11.3 Å². The Hall–Kier alpha value is -4.80. The fourth-order valence-electron chi connectivity index (χ4n) is 3.15. The van der Waals surface area contributed by atoms with Crippen LogP contribution in [0.5, 0.6) is 0 Å². The first kappa shape index (κ1) is 23.4. The second-order valence-electron chi connectivity index (χ2n) is 7.23. The number of anilines is 3. The van der Waals surface area contributed by atoms with Crippen molar-refractivity contribution in [1.29, 1.82) is 0 Å². The molecule has 0 aliphatic carbocycles. The number of aromatic carboxylic acids is 1. The molecule has 4 N–H and O–H groups in total. The molecule has 176 valence electrons. The standard InChI is InChI=1S/C24H17F3N6O2/c25-24(26,27)14-8-10-15(11-9-14)30-23-29-13-12-18(31-23)16-4-1-2-6-19(16)32-33-20-7-3-5-17(21(20)28)22(34)35/h1-13H,28H2,(H,34,35)(H,29,30,31). The molecule has 1 heterocycles. The van der Waals surface area contributed by atoms with Crippen LogP contribution in [0.1, 0.15) is 15.9 Å². The van der Waals surface area contributed by atoms with Gasteiger partial charge in [-0.15, -0.1) is 10.2 Å². The van der Waals surface area contributed by atoms with Gasteiger partial charge in [0.25, 0.3) is 0 Å². The summed E-state index contributed by atoms with van der Waals surface area (Å²) in [5.41, 5.74) is 7.16. The number of carboxylic acids is 1. The van der Waals surface area contributed by atoms with Gasteiger partial charge in [-0.05, 0) is 48.5 Å². The molecule has 0 radical (unpaired) electrons. The Morgan fingerprint density at radius 1 is 0.914 bits per heavy atom. The molecular weight excluding hydrogens is 461 g/mol. The number of rotatable bonds is 6. The van der Waals surface area contributed by atoms with Gasteiger partial charge < -0.3 is 16.2 Å². The Balaban J connectivity index is 1.61. The predicted molar refractivity (Wildman–Crippen MR) is 124 cm³/mol. The minimum atomic E-state index is -4.42. The van der Waals surface area contributed by atoms with Crippen LogP contribution in [0.2, 0.25) is 0 Å². The lowest BCUT2D eigenvalue weighted by molar-refractivity contribution is -0.137. The van der Waals surface area contributed by atoms with E-state index < -0.39 is 17.7 Å². The van der Waals surface area contributed by atoms with Crippen LogP contribution >= 0.6 is 0 Å². The van der Waals surface area contributed by atoms with Gasteiger partial charge in [0.2, 0.25) is 5.95 Å². The third-order valence-corrected chi connectivity index (χ3v) is 4.88. The van der Waals surface area contributed by atoms with E-state index in [0.717, 1.165) is 12.1 Å². The minimum Gasteiger partial charge on any atom is -0.478 e. The normalized spacial score (nSPS) is 11.5. The number of alkyl halides is 3. The number of benzene rings is 3. The first-order valence-corrected chi connectivity index (χ1v) is 10.1. The first-order chi connectivity index (χ1) is 16.7. The average Bonchev–Trinajstić information content (AvgIpc) is 2.83. The highest BCUT2D eigenvalue weighted by atomic mass is 19.4. The highest BCUT2D eigenvalue weighted by molar-refractivity contribution is 5.96. The maximum absolute atomic E-state index is 12.8. The van der Waals surface area contributed by atoms with Crippen molar-refractivity contribution in [3.05, 3.63) is 90.1 Å².